The summed E-state index contributed by atoms with van der Waals surface area (Å²) >= 11 is 1.29. The lowest BCUT2D eigenvalue weighted by Gasteiger charge is -2.24. The predicted octanol–water partition coefficient (Wildman–Crippen LogP) is 1.26. The fraction of sp³-hybridized carbons (Fsp3) is 0.692. The third-order valence-corrected chi connectivity index (χ3v) is 6.62. The standard InChI is InChI=1S/C13H22N2O3S2/c1-11-6-13(19-10-11)20(16,17)15-4-5-18-9-12(8-15)7-14(2)3/h6,10,12H,4-5,7-9H2,1-3H3. The van der Waals surface area contributed by atoms with E-state index in [9.17, 15) is 8.42 Å². The Hall–Kier alpha value is -0.470. The minimum Gasteiger partial charge on any atom is -0.380 e. The zero-order valence-electron chi connectivity index (χ0n) is 12.2. The van der Waals surface area contributed by atoms with Crippen molar-refractivity contribution < 1.29 is 13.2 Å². The first-order valence-corrected chi connectivity index (χ1v) is 8.99. The summed E-state index contributed by atoms with van der Waals surface area (Å²) in [6.07, 6.45) is 0. The number of hydrogen-bond acceptors (Lipinski definition) is 5. The quantitative estimate of drug-likeness (QED) is 0.838. The topological polar surface area (TPSA) is 49.9 Å². The molecule has 7 heteroatoms. The van der Waals surface area contributed by atoms with Gasteiger partial charge in [-0.2, -0.15) is 4.31 Å². The maximum Gasteiger partial charge on any atom is 0.252 e. The highest BCUT2D eigenvalue weighted by Crippen LogP contribution is 2.25. The van der Waals surface area contributed by atoms with E-state index < -0.39 is 10.0 Å². The second-order valence-corrected chi connectivity index (χ2v) is 8.59. The molecule has 1 fully saturated rings. The minimum absolute atomic E-state index is 0.211. The molecule has 0 N–H and O–H groups in total. The molecule has 0 saturated carbocycles. The monoisotopic (exact) mass is 318 g/mol. The largest absolute Gasteiger partial charge is 0.380 e. The van der Waals surface area contributed by atoms with E-state index in [0.717, 1.165) is 12.1 Å². The lowest BCUT2D eigenvalue weighted by atomic mass is 10.1. The molecular weight excluding hydrogens is 296 g/mol. The van der Waals surface area contributed by atoms with E-state index in [2.05, 4.69) is 4.90 Å². The predicted molar refractivity (Wildman–Crippen MR) is 80.7 cm³/mol. The van der Waals surface area contributed by atoms with Crippen LogP contribution in [0.1, 0.15) is 5.56 Å². The third-order valence-electron chi connectivity index (χ3n) is 3.22. The highest BCUT2D eigenvalue weighted by molar-refractivity contribution is 7.91. The van der Waals surface area contributed by atoms with E-state index in [1.165, 1.54) is 11.3 Å². The molecule has 1 saturated heterocycles. The van der Waals surface area contributed by atoms with Gasteiger partial charge in [-0.3, -0.25) is 0 Å². The van der Waals surface area contributed by atoms with Gasteiger partial charge in [0, 0.05) is 25.6 Å². The van der Waals surface area contributed by atoms with Crippen LogP contribution in [0, 0.1) is 12.8 Å². The van der Waals surface area contributed by atoms with Crippen LogP contribution in [0.3, 0.4) is 0 Å². The van der Waals surface area contributed by atoms with Crippen molar-refractivity contribution in [2.45, 2.75) is 11.1 Å². The van der Waals surface area contributed by atoms with E-state index in [0.29, 0.717) is 30.5 Å². The van der Waals surface area contributed by atoms with Crippen LogP contribution in [0.5, 0.6) is 0 Å². The van der Waals surface area contributed by atoms with Crippen LogP contribution in [0.2, 0.25) is 0 Å². The Balaban J connectivity index is 2.17. The van der Waals surface area contributed by atoms with Crippen molar-refractivity contribution in [3.63, 3.8) is 0 Å². The van der Waals surface area contributed by atoms with Crippen molar-refractivity contribution in [2.24, 2.45) is 5.92 Å². The maximum absolute atomic E-state index is 12.7. The Morgan fingerprint density at radius 1 is 1.50 bits per heavy atom. The Morgan fingerprint density at radius 2 is 2.25 bits per heavy atom. The SMILES string of the molecule is Cc1csc(S(=O)(=O)N2CCOCC(CN(C)C)C2)c1. The van der Waals surface area contributed by atoms with Crippen LogP contribution >= 0.6 is 11.3 Å². The second-order valence-electron chi connectivity index (χ2n) is 5.51. The molecule has 1 unspecified atom stereocenters. The highest BCUT2D eigenvalue weighted by Gasteiger charge is 2.30. The molecule has 0 spiro atoms. The lowest BCUT2D eigenvalue weighted by molar-refractivity contribution is 0.113. The maximum atomic E-state index is 12.7. The van der Waals surface area contributed by atoms with Crippen LogP contribution in [-0.2, 0) is 14.8 Å². The van der Waals surface area contributed by atoms with Gasteiger partial charge >= 0.3 is 0 Å². The molecule has 2 rings (SSSR count). The number of hydrogen-bond donors (Lipinski definition) is 0. The first-order chi connectivity index (χ1) is 9.39. The van der Waals surface area contributed by atoms with Crippen LogP contribution in [0.25, 0.3) is 0 Å². The van der Waals surface area contributed by atoms with E-state index >= 15 is 0 Å². The molecule has 20 heavy (non-hydrogen) atoms. The zero-order chi connectivity index (χ0) is 14.8. The van der Waals surface area contributed by atoms with Crippen molar-refractivity contribution in [3.05, 3.63) is 17.0 Å². The zero-order valence-corrected chi connectivity index (χ0v) is 13.8. The molecule has 0 amide bonds. The first-order valence-electron chi connectivity index (χ1n) is 6.67. The molecule has 5 nitrogen and oxygen atoms in total. The molecule has 0 radical (unpaired) electrons. The van der Waals surface area contributed by atoms with Gasteiger partial charge in [0.2, 0.25) is 0 Å². The summed E-state index contributed by atoms with van der Waals surface area (Å²) < 4.78 is 32.8. The van der Waals surface area contributed by atoms with Crippen molar-refractivity contribution in [1.82, 2.24) is 9.21 Å². The fourth-order valence-corrected chi connectivity index (χ4v) is 5.24. The summed E-state index contributed by atoms with van der Waals surface area (Å²) in [5.41, 5.74) is 0.990. The Morgan fingerprint density at radius 3 is 2.85 bits per heavy atom. The number of aryl methyl sites for hydroxylation is 1. The van der Waals surface area contributed by atoms with E-state index in [1.54, 1.807) is 10.4 Å². The molecule has 1 atom stereocenters. The summed E-state index contributed by atoms with van der Waals surface area (Å²) in [6, 6.07) is 1.74. The van der Waals surface area contributed by atoms with Gasteiger partial charge < -0.3 is 9.64 Å². The van der Waals surface area contributed by atoms with Crippen molar-refractivity contribution in [1.29, 1.82) is 0 Å². The smallest absolute Gasteiger partial charge is 0.252 e. The first kappa shape index (κ1) is 15.9. The summed E-state index contributed by atoms with van der Waals surface area (Å²) in [5, 5.41) is 1.87. The number of nitrogens with zero attached hydrogens (tertiary/aromatic N) is 2. The van der Waals surface area contributed by atoms with Crippen LogP contribution in [0.4, 0.5) is 0 Å². The van der Waals surface area contributed by atoms with Crippen molar-refractivity contribution in [2.75, 3.05) is 46.9 Å². The molecule has 1 aliphatic rings. The molecular formula is C13H22N2O3S2. The normalized spacial score (nSPS) is 22.1. The molecule has 114 valence electrons. The van der Waals surface area contributed by atoms with Crippen molar-refractivity contribution in [3.8, 4) is 0 Å². The summed E-state index contributed by atoms with van der Waals surface area (Å²) in [5.74, 6) is 0.211. The van der Waals surface area contributed by atoms with E-state index in [-0.39, 0.29) is 5.92 Å². The van der Waals surface area contributed by atoms with Gasteiger partial charge in [-0.05, 0) is 38.0 Å². The average molecular weight is 318 g/mol. The molecule has 1 aromatic rings. The van der Waals surface area contributed by atoms with Gasteiger partial charge in [-0.1, -0.05) is 0 Å². The lowest BCUT2D eigenvalue weighted by Crippen LogP contribution is -2.38. The molecule has 0 aromatic carbocycles. The molecule has 1 aliphatic heterocycles. The van der Waals surface area contributed by atoms with Crippen molar-refractivity contribution >= 4 is 21.4 Å². The molecule has 0 aliphatic carbocycles. The fourth-order valence-electron chi connectivity index (χ4n) is 2.36. The second kappa shape index (κ2) is 6.53. The minimum atomic E-state index is -3.38. The van der Waals surface area contributed by atoms with Gasteiger partial charge in [0.1, 0.15) is 4.21 Å². The van der Waals surface area contributed by atoms with E-state index in [4.69, 9.17) is 4.74 Å². The average Bonchev–Trinajstić information content (AvgIpc) is 2.66. The third kappa shape index (κ3) is 3.79. The molecule has 1 aromatic heterocycles. The Labute approximate surface area is 125 Å². The Kier molecular flexibility index (Phi) is 5.19. The molecule has 0 bridgehead atoms. The van der Waals surface area contributed by atoms with Crippen LogP contribution in [0.15, 0.2) is 15.7 Å². The van der Waals surface area contributed by atoms with Gasteiger partial charge in [0.25, 0.3) is 10.0 Å². The summed E-state index contributed by atoms with van der Waals surface area (Å²) in [7, 11) is 0.605. The van der Waals surface area contributed by atoms with Crippen LogP contribution in [-0.4, -0.2) is 64.6 Å². The number of sulfonamides is 1. The summed E-state index contributed by atoms with van der Waals surface area (Å²) in [4.78, 5) is 2.07. The molecule has 2 heterocycles. The highest BCUT2D eigenvalue weighted by atomic mass is 32.2. The summed E-state index contributed by atoms with van der Waals surface area (Å²) in [6.45, 7) is 4.78. The number of thiophene rings is 1. The van der Waals surface area contributed by atoms with Gasteiger partial charge in [-0.25, -0.2) is 8.42 Å². The van der Waals surface area contributed by atoms with Crippen LogP contribution < -0.4 is 0 Å². The Bertz CT molecular complexity index is 540. The van der Waals surface area contributed by atoms with E-state index in [1.807, 2.05) is 26.4 Å². The van der Waals surface area contributed by atoms with Gasteiger partial charge in [0.15, 0.2) is 0 Å². The van der Waals surface area contributed by atoms with Gasteiger partial charge in [-0.15, -0.1) is 11.3 Å². The number of rotatable bonds is 4. The van der Waals surface area contributed by atoms with Gasteiger partial charge in [0.05, 0.1) is 13.2 Å². The number of ether oxygens (including phenoxy) is 1.